The average Bonchev–Trinajstić information content (AvgIpc) is 3.02. The number of nitrogens with one attached hydrogen (secondary N) is 1. The first-order valence-corrected chi connectivity index (χ1v) is 12.5. The van der Waals surface area contributed by atoms with E-state index < -0.39 is 6.35 Å². The summed E-state index contributed by atoms with van der Waals surface area (Å²) < 4.78 is 0. The summed E-state index contributed by atoms with van der Waals surface area (Å²) >= 11 is 0. The highest BCUT2D eigenvalue weighted by Crippen LogP contribution is 2.50. The molecular formula is C26H39N5O2. The first-order chi connectivity index (χ1) is 15.9. The van der Waals surface area contributed by atoms with Crippen LogP contribution >= 0.6 is 0 Å². The van der Waals surface area contributed by atoms with Crippen LogP contribution in [0.25, 0.3) is 0 Å². The third kappa shape index (κ3) is 4.81. The first-order valence-electron chi connectivity index (χ1n) is 12.5. The van der Waals surface area contributed by atoms with Crippen molar-refractivity contribution in [1.82, 2.24) is 20.0 Å². The van der Waals surface area contributed by atoms with E-state index in [0.717, 1.165) is 32.2 Å². The Hall–Kier alpha value is -1.98. The zero-order valence-electron chi connectivity index (χ0n) is 20.2. The van der Waals surface area contributed by atoms with Crippen molar-refractivity contribution in [3.63, 3.8) is 0 Å². The molecule has 3 fully saturated rings. The molecule has 0 bridgehead atoms. The van der Waals surface area contributed by atoms with Gasteiger partial charge in [0.15, 0.2) is 6.35 Å². The molecule has 33 heavy (non-hydrogen) atoms. The second-order valence-electron chi connectivity index (χ2n) is 10.5. The van der Waals surface area contributed by atoms with Crippen LogP contribution < -0.4 is 5.32 Å². The standard InChI is InChI=1S/C26H39N5O2/c1-29(2)26(22-10-4-3-5-11-22)14-12-25(13-15-26)20-30(19-23(32)28-17-7-16-27)24(33)31(25)18-21-8-6-9-21/h3-5,10-11,21,24,33H,6-9,12-15,17-20H2,1-2H3,(H,28,32). The van der Waals surface area contributed by atoms with Crippen LogP contribution in [0.15, 0.2) is 30.3 Å². The molecule has 2 N–H and O–H groups in total. The Balaban J connectivity index is 1.51. The maximum atomic E-state index is 12.5. The van der Waals surface area contributed by atoms with Gasteiger partial charge in [-0.25, -0.2) is 0 Å². The highest BCUT2D eigenvalue weighted by molar-refractivity contribution is 5.78. The van der Waals surface area contributed by atoms with Gasteiger partial charge in [0.25, 0.3) is 0 Å². The van der Waals surface area contributed by atoms with E-state index >= 15 is 0 Å². The molecule has 180 valence electrons. The van der Waals surface area contributed by atoms with E-state index in [1.165, 1.54) is 24.8 Å². The smallest absolute Gasteiger partial charge is 0.234 e. The number of rotatable bonds is 8. The largest absolute Gasteiger partial charge is 0.365 e. The van der Waals surface area contributed by atoms with Gasteiger partial charge >= 0.3 is 0 Å². The number of nitrogens with zero attached hydrogens (tertiary/aromatic N) is 4. The van der Waals surface area contributed by atoms with Crippen molar-refractivity contribution in [3.8, 4) is 6.07 Å². The fourth-order valence-corrected chi connectivity index (χ4v) is 6.19. The second-order valence-corrected chi connectivity index (χ2v) is 10.5. The molecule has 1 aliphatic heterocycles. The minimum absolute atomic E-state index is 0.00168. The molecule has 7 nitrogen and oxygen atoms in total. The van der Waals surface area contributed by atoms with E-state index in [1.54, 1.807) is 0 Å². The molecule has 1 heterocycles. The summed E-state index contributed by atoms with van der Waals surface area (Å²) in [6.07, 6.45) is 7.38. The Morgan fingerprint density at radius 1 is 1.21 bits per heavy atom. The lowest BCUT2D eigenvalue weighted by molar-refractivity contribution is -0.130. The van der Waals surface area contributed by atoms with Crippen LogP contribution in [-0.4, -0.2) is 77.9 Å². The second kappa shape index (κ2) is 10.1. The van der Waals surface area contributed by atoms with E-state index in [-0.39, 0.29) is 23.5 Å². The lowest BCUT2D eigenvalue weighted by Gasteiger charge is -2.52. The van der Waals surface area contributed by atoms with Crippen molar-refractivity contribution in [2.24, 2.45) is 5.92 Å². The SMILES string of the molecule is CN(C)C1(c2ccccc2)CCC2(CC1)CN(CC(=O)NCCC#N)C(O)N2CC1CCC1. The van der Waals surface area contributed by atoms with Crippen molar-refractivity contribution in [3.05, 3.63) is 35.9 Å². The fourth-order valence-electron chi connectivity index (χ4n) is 6.19. The molecule has 2 saturated carbocycles. The zero-order chi connectivity index (χ0) is 23.5. The predicted molar refractivity (Wildman–Crippen MR) is 128 cm³/mol. The van der Waals surface area contributed by atoms with Gasteiger partial charge in [-0.1, -0.05) is 36.8 Å². The van der Waals surface area contributed by atoms with E-state index in [4.69, 9.17) is 5.26 Å². The van der Waals surface area contributed by atoms with Gasteiger partial charge in [-0.2, -0.15) is 5.26 Å². The molecule has 7 heteroatoms. The number of hydrogen-bond donors (Lipinski definition) is 2. The Labute approximate surface area is 198 Å². The summed E-state index contributed by atoms with van der Waals surface area (Å²) in [5.74, 6) is 0.531. The van der Waals surface area contributed by atoms with Crippen molar-refractivity contribution in [2.75, 3.05) is 40.3 Å². The number of hydrogen-bond acceptors (Lipinski definition) is 6. The van der Waals surface area contributed by atoms with Crippen molar-refractivity contribution in [2.45, 2.75) is 68.8 Å². The van der Waals surface area contributed by atoms with Crippen LogP contribution in [0.2, 0.25) is 0 Å². The molecule has 2 aliphatic carbocycles. The number of carbonyl (C=O) groups is 1. The van der Waals surface area contributed by atoms with Gasteiger partial charge < -0.3 is 10.4 Å². The maximum absolute atomic E-state index is 12.5. The zero-order valence-corrected chi connectivity index (χ0v) is 20.2. The van der Waals surface area contributed by atoms with Gasteiger partial charge in [0.1, 0.15) is 0 Å². The maximum Gasteiger partial charge on any atom is 0.234 e. The van der Waals surface area contributed by atoms with E-state index in [2.05, 4.69) is 65.6 Å². The summed E-state index contributed by atoms with van der Waals surface area (Å²) in [6, 6.07) is 12.9. The average molecular weight is 454 g/mol. The number of carbonyl (C=O) groups excluding carboxylic acids is 1. The Morgan fingerprint density at radius 3 is 2.48 bits per heavy atom. The first kappa shape index (κ1) is 24.2. The Morgan fingerprint density at radius 2 is 1.91 bits per heavy atom. The number of aliphatic hydroxyl groups is 1. The molecular weight excluding hydrogens is 414 g/mol. The molecule has 3 aliphatic rings. The van der Waals surface area contributed by atoms with Gasteiger partial charge in [0.05, 0.1) is 19.0 Å². The van der Waals surface area contributed by atoms with Crippen LogP contribution in [-0.2, 0) is 10.3 Å². The molecule has 1 unspecified atom stereocenters. The summed E-state index contributed by atoms with van der Waals surface area (Å²) in [6.45, 7) is 2.16. The van der Waals surface area contributed by atoms with Gasteiger partial charge in [-0.15, -0.1) is 0 Å². The topological polar surface area (TPSA) is 82.8 Å². The summed E-state index contributed by atoms with van der Waals surface area (Å²) in [4.78, 5) is 19.1. The van der Waals surface area contributed by atoms with Gasteiger partial charge in [0, 0.05) is 30.7 Å². The molecule has 1 aromatic rings. The number of benzene rings is 1. The molecule has 1 aromatic carbocycles. The van der Waals surface area contributed by atoms with Crippen LogP contribution in [0.3, 0.4) is 0 Å². The van der Waals surface area contributed by atoms with Crippen molar-refractivity contribution < 1.29 is 9.90 Å². The molecule has 1 amide bonds. The Bertz CT molecular complexity index is 840. The highest BCUT2D eigenvalue weighted by atomic mass is 16.3. The number of nitriles is 1. The molecule has 1 atom stereocenters. The lowest BCUT2D eigenvalue weighted by Crippen LogP contribution is -2.57. The van der Waals surface area contributed by atoms with Gasteiger partial charge in [-0.3, -0.25) is 19.5 Å². The molecule has 4 rings (SSSR count). The third-order valence-corrected chi connectivity index (χ3v) is 8.47. The van der Waals surface area contributed by atoms with E-state index in [1.807, 2.05) is 4.90 Å². The van der Waals surface area contributed by atoms with Crippen molar-refractivity contribution >= 4 is 5.91 Å². The van der Waals surface area contributed by atoms with E-state index in [0.29, 0.717) is 25.4 Å². The molecule has 1 saturated heterocycles. The van der Waals surface area contributed by atoms with Gasteiger partial charge in [0.2, 0.25) is 5.91 Å². The van der Waals surface area contributed by atoms with Crippen molar-refractivity contribution in [1.29, 1.82) is 5.26 Å². The van der Waals surface area contributed by atoms with E-state index in [9.17, 15) is 9.90 Å². The fraction of sp³-hybridized carbons (Fsp3) is 0.692. The van der Waals surface area contributed by atoms with Gasteiger partial charge in [-0.05, 0) is 64.1 Å². The normalized spacial score (nSPS) is 30.9. The minimum atomic E-state index is -0.726. The molecule has 0 radical (unpaired) electrons. The predicted octanol–water partition coefficient (Wildman–Crippen LogP) is 2.48. The summed E-state index contributed by atoms with van der Waals surface area (Å²) in [5.41, 5.74) is 1.26. The molecule has 1 spiro atoms. The summed E-state index contributed by atoms with van der Waals surface area (Å²) in [7, 11) is 4.36. The number of amides is 1. The highest BCUT2D eigenvalue weighted by Gasteiger charge is 2.55. The lowest BCUT2D eigenvalue weighted by atomic mass is 9.68. The Kier molecular flexibility index (Phi) is 7.40. The number of aliphatic hydroxyl groups excluding tert-OH is 1. The summed E-state index contributed by atoms with van der Waals surface area (Å²) in [5, 5.41) is 22.9. The quantitative estimate of drug-likeness (QED) is 0.589. The molecule has 0 aromatic heterocycles. The van der Waals surface area contributed by atoms with Crippen LogP contribution in [0.5, 0.6) is 0 Å². The monoisotopic (exact) mass is 453 g/mol. The third-order valence-electron chi connectivity index (χ3n) is 8.47. The van der Waals surface area contributed by atoms with Crippen LogP contribution in [0.4, 0.5) is 0 Å². The van der Waals surface area contributed by atoms with Crippen LogP contribution in [0.1, 0.15) is 56.9 Å². The van der Waals surface area contributed by atoms with Crippen LogP contribution in [0, 0.1) is 17.2 Å². The minimum Gasteiger partial charge on any atom is -0.365 e.